The number of aryl methyl sites for hydroxylation is 1. The van der Waals surface area contributed by atoms with Gasteiger partial charge >= 0.3 is 0 Å². The second kappa shape index (κ2) is 4.56. The van der Waals surface area contributed by atoms with Crippen LogP contribution in [0.25, 0.3) is 0 Å². The van der Waals surface area contributed by atoms with Gasteiger partial charge in [0.1, 0.15) is 23.1 Å². The minimum Gasteiger partial charge on any atom is -0.493 e. The first-order valence-corrected chi connectivity index (χ1v) is 5.96. The van der Waals surface area contributed by atoms with E-state index in [1.807, 2.05) is 18.2 Å². The average Bonchev–Trinajstić information content (AvgIpc) is 2.39. The molecule has 3 rings (SSSR count). The molecule has 2 N–H and O–H groups in total. The molecule has 0 fully saturated rings. The smallest absolute Gasteiger partial charge is 0.132 e. The van der Waals surface area contributed by atoms with Crippen molar-refractivity contribution in [2.24, 2.45) is 0 Å². The lowest BCUT2D eigenvalue weighted by Gasteiger charge is -2.17. The van der Waals surface area contributed by atoms with Gasteiger partial charge in [-0.1, -0.05) is 0 Å². The summed E-state index contributed by atoms with van der Waals surface area (Å²) in [4.78, 5) is 3.93. The maximum atomic E-state index is 5.75. The van der Waals surface area contributed by atoms with Crippen LogP contribution in [0, 0.1) is 0 Å². The maximum Gasteiger partial charge on any atom is 0.132 e. The monoisotopic (exact) mass is 242 g/mol. The van der Waals surface area contributed by atoms with E-state index in [1.165, 1.54) is 5.56 Å². The van der Waals surface area contributed by atoms with Gasteiger partial charge in [-0.25, -0.2) is 4.98 Å². The highest BCUT2D eigenvalue weighted by Gasteiger charge is 2.11. The first-order chi connectivity index (χ1) is 8.81. The molecule has 2 heterocycles. The molecule has 0 saturated carbocycles. The van der Waals surface area contributed by atoms with Crippen LogP contribution in [-0.4, -0.2) is 11.6 Å². The van der Waals surface area contributed by atoms with Gasteiger partial charge in [0, 0.05) is 12.3 Å². The van der Waals surface area contributed by atoms with Crippen LogP contribution in [0.3, 0.4) is 0 Å². The molecule has 4 heteroatoms. The molecule has 0 aliphatic carbocycles. The third kappa shape index (κ3) is 2.22. The van der Waals surface area contributed by atoms with Gasteiger partial charge in [-0.05, 0) is 42.7 Å². The summed E-state index contributed by atoms with van der Waals surface area (Å²) in [6, 6.07) is 9.36. The van der Waals surface area contributed by atoms with E-state index in [-0.39, 0.29) is 0 Å². The number of nitrogens with zero attached hydrogens (tertiary/aromatic N) is 1. The van der Waals surface area contributed by atoms with E-state index in [4.69, 9.17) is 15.2 Å². The summed E-state index contributed by atoms with van der Waals surface area (Å²) in [7, 11) is 0. The number of hydrogen-bond acceptors (Lipinski definition) is 4. The molecule has 1 aromatic carbocycles. The number of rotatable bonds is 2. The van der Waals surface area contributed by atoms with Gasteiger partial charge in [0.2, 0.25) is 0 Å². The van der Waals surface area contributed by atoms with Crippen LogP contribution in [0.4, 0.5) is 5.82 Å². The van der Waals surface area contributed by atoms with Gasteiger partial charge in [-0.2, -0.15) is 0 Å². The fourth-order valence-corrected chi connectivity index (χ4v) is 2.03. The van der Waals surface area contributed by atoms with Crippen molar-refractivity contribution in [1.29, 1.82) is 0 Å². The molecule has 1 aromatic heterocycles. The lowest BCUT2D eigenvalue weighted by Crippen LogP contribution is -2.07. The van der Waals surface area contributed by atoms with E-state index in [9.17, 15) is 0 Å². The first kappa shape index (κ1) is 10.9. The van der Waals surface area contributed by atoms with Crippen LogP contribution in [0.5, 0.6) is 17.2 Å². The van der Waals surface area contributed by atoms with Crippen LogP contribution in [0.2, 0.25) is 0 Å². The van der Waals surface area contributed by atoms with Crippen molar-refractivity contribution in [3.05, 3.63) is 42.1 Å². The van der Waals surface area contributed by atoms with Crippen molar-refractivity contribution >= 4 is 5.82 Å². The van der Waals surface area contributed by atoms with E-state index in [0.717, 1.165) is 30.9 Å². The number of aromatic nitrogens is 1. The highest BCUT2D eigenvalue weighted by atomic mass is 16.5. The summed E-state index contributed by atoms with van der Waals surface area (Å²) in [5.74, 6) is 2.90. The molecular weight excluding hydrogens is 228 g/mol. The summed E-state index contributed by atoms with van der Waals surface area (Å²) in [5.41, 5.74) is 6.81. The lowest BCUT2D eigenvalue weighted by molar-refractivity contribution is 0.287. The van der Waals surface area contributed by atoms with Gasteiger partial charge in [-0.15, -0.1) is 0 Å². The normalized spacial score (nSPS) is 13.6. The van der Waals surface area contributed by atoms with Gasteiger partial charge in [0.05, 0.1) is 6.61 Å². The van der Waals surface area contributed by atoms with E-state index >= 15 is 0 Å². The Hall–Kier alpha value is -2.23. The number of benzene rings is 1. The SMILES string of the molecule is Nc1cc(Oc2ccc3c(c2)CCCO3)ccn1. The Morgan fingerprint density at radius 1 is 1.17 bits per heavy atom. The van der Waals surface area contributed by atoms with Gasteiger partial charge in [0.25, 0.3) is 0 Å². The maximum absolute atomic E-state index is 5.75. The first-order valence-electron chi connectivity index (χ1n) is 5.96. The molecule has 0 bridgehead atoms. The molecule has 92 valence electrons. The number of ether oxygens (including phenoxy) is 2. The summed E-state index contributed by atoms with van der Waals surface area (Å²) < 4.78 is 11.3. The molecule has 0 atom stereocenters. The molecule has 1 aliphatic rings. The third-order valence-corrected chi connectivity index (χ3v) is 2.87. The van der Waals surface area contributed by atoms with Crippen molar-refractivity contribution in [3.8, 4) is 17.2 Å². The molecular formula is C14H14N2O2. The van der Waals surface area contributed by atoms with E-state index in [2.05, 4.69) is 4.98 Å². The van der Waals surface area contributed by atoms with Crippen molar-refractivity contribution in [3.63, 3.8) is 0 Å². The number of pyridine rings is 1. The Morgan fingerprint density at radius 2 is 2.06 bits per heavy atom. The van der Waals surface area contributed by atoms with E-state index in [0.29, 0.717) is 11.6 Å². The van der Waals surface area contributed by atoms with Crippen LogP contribution in [0.15, 0.2) is 36.5 Å². The van der Waals surface area contributed by atoms with Crippen molar-refractivity contribution in [1.82, 2.24) is 4.98 Å². The molecule has 0 unspecified atom stereocenters. The van der Waals surface area contributed by atoms with Crippen molar-refractivity contribution < 1.29 is 9.47 Å². The van der Waals surface area contributed by atoms with Crippen LogP contribution < -0.4 is 15.2 Å². The number of fused-ring (bicyclic) bond motifs is 1. The number of hydrogen-bond donors (Lipinski definition) is 1. The van der Waals surface area contributed by atoms with E-state index in [1.54, 1.807) is 18.3 Å². The minimum absolute atomic E-state index is 0.453. The molecule has 4 nitrogen and oxygen atoms in total. The second-order valence-corrected chi connectivity index (χ2v) is 4.24. The second-order valence-electron chi connectivity index (χ2n) is 4.24. The molecule has 18 heavy (non-hydrogen) atoms. The molecule has 0 amide bonds. The average molecular weight is 242 g/mol. The minimum atomic E-state index is 0.453. The van der Waals surface area contributed by atoms with Crippen molar-refractivity contribution in [2.75, 3.05) is 12.3 Å². The lowest BCUT2D eigenvalue weighted by atomic mass is 10.1. The predicted octanol–water partition coefficient (Wildman–Crippen LogP) is 2.78. The summed E-state index contributed by atoms with van der Waals surface area (Å²) in [5, 5.41) is 0. The molecule has 0 saturated heterocycles. The zero-order valence-electron chi connectivity index (χ0n) is 9.93. The zero-order chi connectivity index (χ0) is 12.4. The Kier molecular flexibility index (Phi) is 2.76. The summed E-state index contributed by atoms with van der Waals surface area (Å²) in [6.07, 6.45) is 3.72. The fourth-order valence-electron chi connectivity index (χ4n) is 2.03. The van der Waals surface area contributed by atoms with Crippen LogP contribution in [0.1, 0.15) is 12.0 Å². The predicted molar refractivity (Wildman–Crippen MR) is 69.0 cm³/mol. The van der Waals surface area contributed by atoms with Crippen LogP contribution >= 0.6 is 0 Å². The number of anilines is 1. The Labute approximate surface area is 105 Å². The topological polar surface area (TPSA) is 57.4 Å². The van der Waals surface area contributed by atoms with Gasteiger partial charge in [0.15, 0.2) is 0 Å². The Bertz CT molecular complexity index is 569. The van der Waals surface area contributed by atoms with Gasteiger partial charge < -0.3 is 15.2 Å². The number of nitrogens with two attached hydrogens (primary N) is 1. The van der Waals surface area contributed by atoms with Crippen molar-refractivity contribution in [2.45, 2.75) is 12.8 Å². The Morgan fingerprint density at radius 3 is 2.94 bits per heavy atom. The van der Waals surface area contributed by atoms with Crippen LogP contribution in [-0.2, 0) is 6.42 Å². The molecule has 1 aliphatic heterocycles. The summed E-state index contributed by atoms with van der Waals surface area (Å²) in [6.45, 7) is 0.800. The zero-order valence-corrected chi connectivity index (χ0v) is 9.93. The largest absolute Gasteiger partial charge is 0.493 e. The highest BCUT2D eigenvalue weighted by molar-refractivity contribution is 5.44. The standard InChI is InChI=1S/C14H14N2O2/c15-14-9-12(5-6-16-14)18-11-3-4-13-10(8-11)2-1-7-17-13/h3-6,8-9H,1-2,7H2,(H2,15,16). The quantitative estimate of drug-likeness (QED) is 0.879. The molecule has 0 spiro atoms. The molecule has 2 aromatic rings. The fraction of sp³-hybridized carbons (Fsp3) is 0.214. The molecule has 0 radical (unpaired) electrons. The third-order valence-electron chi connectivity index (χ3n) is 2.87. The number of nitrogen functional groups attached to an aromatic ring is 1. The Balaban J connectivity index is 1.85. The van der Waals surface area contributed by atoms with Gasteiger partial charge in [-0.3, -0.25) is 0 Å². The highest BCUT2D eigenvalue weighted by Crippen LogP contribution is 2.30. The van der Waals surface area contributed by atoms with E-state index < -0.39 is 0 Å². The summed E-state index contributed by atoms with van der Waals surface area (Å²) >= 11 is 0.